The van der Waals surface area contributed by atoms with Crippen LogP contribution in [0.15, 0.2) is 49.2 Å². The number of carbonyl (C=O) groups excluding carboxylic acids is 1. The zero-order valence-corrected chi connectivity index (χ0v) is 16.6. The van der Waals surface area contributed by atoms with Crippen LogP contribution in [0.25, 0.3) is 5.82 Å². The molecular formula is C21H24N6O2. The smallest absolute Gasteiger partial charge is 0.275 e. The van der Waals surface area contributed by atoms with Crippen molar-refractivity contribution in [2.24, 2.45) is 5.92 Å². The van der Waals surface area contributed by atoms with Gasteiger partial charge in [-0.1, -0.05) is 6.92 Å². The van der Waals surface area contributed by atoms with Gasteiger partial charge in [-0.05, 0) is 43.0 Å². The van der Waals surface area contributed by atoms with Gasteiger partial charge in [0.1, 0.15) is 35.7 Å². The first kappa shape index (κ1) is 18.9. The van der Waals surface area contributed by atoms with Gasteiger partial charge in [-0.15, -0.1) is 0 Å². The molecule has 1 aliphatic heterocycles. The van der Waals surface area contributed by atoms with Crippen LogP contribution in [0, 0.1) is 5.92 Å². The maximum absolute atomic E-state index is 12.5. The van der Waals surface area contributed by atoms with Crippen molar-refractivity contribution in [2.75, 3.05) is 30.4 Å². The molecule has 150 valence electrons. The van der Waals surface area contributed by atoms with Crippen LogP contribution >= 0.6 is 0 Å². The Hall–Kier alpha value is -3.42. The van der Waals surface area contributed by atoms with E-state index in [-0.39, 0.29) is 5.91 Å². The molecule has 0 bridgehead atoms. The first-order chi connectivity index (χ1) is 14.1. The molecule has 8 nitrogen and oxygen atoms in total. The average molecular weight is 392 g/mol. The molecule has 0 aliphatic carbocycles. The van der Waals surface area contributed by atoms with Gasteiger partial charge >= 0.3 is 0 Å². The zero-order valence-electron chi connectivity index (χ0n) is 16.6. The number of hydrogen-bond acceptors (Lipinski definition) is 6. The summed E-state index contributed by atoms with van der Waals surface area (Å²) in [5, 5.41) is 2.83. The Labute approximate surface area is 169 Å². The number of nitrogens with one attached hydrogen (secondary N) is 1. The SMILES string of the molecule is COc1ccc(NC(=O)c2cn(-c3cc(N4CCC[C@@H](C)C4)ncn3)cn2)cc1. The summed E-state index contributed by atoms with van der Waals surface area (Å²) in [4.78, 5) is 27.8. The van der Waals surface area contributed by atoms with Crippen LogP contribution in [-0.2, 0) is 0 Å². The van der Waals surface area contributed by atoms with Crippen LogP contribution in [0.4, 0.5) is 11.5 Å². The quantitative estimate of drug-likeness (QED) is 0.718. The fraction of sp³-hybridized carbons (Fsp3) is 0.333. The van der Waals surface area contributed by atoms with Crippen molar-refractivity contribution in [1.29, 1.82) is 0 Å². The van der Waals surface area contributed by atoms with Gasteiger partial charge in [0.05, 0.1) is 7.11 Å². The van der Waals surface area contributed by atoms with Gasteiger partial charge < -0.3 is 15.0 Å². The van der Waals surface area contributed by atoms with Crippen LogP contribution in [0.3, 0.4) is 0 Å². The molecule has 2 aromatic heterocycles. The van der Waals surface area contributed by atoms with Crippen molar-refractivity contribution >= 4 is 17.4 Å². The van der Waals surface area contributed by atoms with Gasteiger partial charge in [0, 0.05) is 31.0 Å². The number of anilines is 2. The van der Waals surface area contributed by atoms with Gasteiger partial charge in [0.15, 0.2) is 0 Å². The fourth-order valence-electron chi connectivity index (χ4n) is 3.48. The Bertz CT molecular complexity index is 985. The number of aromatic nitrogens is 4. The fourth-order valence-corrected chi connectivity index (χ4v) is 3.48. The van der Waals surface area contributed by atoms with E-state index in [0.29, 0.717) is 23.1 Å². The maximum atomic E-state index is 12.5. The molecule has 1 atom stereocenters. The zero-order chi connectivity index (χ0) is 20.2. The monoisotopic (exact) mass is 392 g/mol. The van der Waals surface area contributed by atoms with Crippen LogP contribution in [0.1, 0.15) is 30.3 Å². The minimum Gasteiger partial charge on any atom is -0.497 e. The lowest BCUT2D eigenvalue weighted by Gasteiger charge is -2.31. The molecular weight excluding hydrogens is 368 g/mol. The van der Waals surface area contributed by atoms with Crippen molar-refractivity contribution in [1.82, 2.24) is 19.5 Å². The molecule has 0 spiro atoms. The van der Waals surface area contributed by atoms with E-state index in [9.17, 15) is 4.79 Å². The molecule has 8 heteroatoms. The third kappa shape index (κ3) is 4.37. The highest BCUT2D eigenvalue weighted by molar-refractivity contribution is 6.02. The average Bonchev–Trinajstić information content (AvgIpc) is 3.25. The highest BCUT2D eigenvalue weighted by Crippen LogP contribution is 2.22. The Morgan fingerprint density at radius 2 is 1.97 bits per heavy atom. The molecule has 1 amide bonds. The third-order valence-corrected chi connectivity index (χ3v) is 5.05. The molecule has 1 saturated heterocycles. The lowest BCUT2D eigenvalue weighted by atomic mass is 10.0. The Morgan fingerprint density at radius 1 is 1.17 bits per heavy atom. The number of hydrogen-bond donors (Lipinski definition) is 1. The summed E-state index contributed by atoms with van der Waals surface area (Å²) in [6.07, 6.45) is 7.24. The number of amides is 1. The number of piperidine rings is 1. The molecule has 0 unspecified atom stereocenters. The van der Waals surface area contributed by atoms with E-state index in [0.717, 1.165) is 24.7 Å². The predicted octanol–water partition coefficient (Wildman–Crippen LogP) is 3.16. The van der Waals surface area contributed by atoms with Gasteiger partial charge in [-0.3, -0.25) is 9.36 Å². The lowest BCUT2D eigenvalue weighted by Crippen LogP contribution is -2.34. The molecule has 0 radical (unpaired) electrons. The van der Waals surface area contributed by atoms with Crippen LogP contribution in [0.2, 0.25) is 0 Å². The predicted molar refractivity (Wildman–Crippen MR) is 111 cm³/mol. The van der Waals surface area contributed by atoms with Gasteiger partial charge in [0.25, 0.3) is 5.91 Å². The summed E-state index contributed by atoms with van der Waals surface area (Å²) in [6, 6.07) is 9.08. The summed E-state index contributed by atoms with van der Waals surface area (Å²) in [6.45, 7) is 4.26. The van der Waals surface area contributed by atoms with Gasteiger partial charge in [-0.25, -0.2) is 15.0 Å². The van der Waals surface area contributed by atoms with E-state index < -0.39 is 0 Å². The molecule has 1 N–H and O–H groups in total. The topological polar surface area (TPSA) is 85.2 Å². The Kier molecular flexibility index (Phi) is 5.41. The third-order valence-electron chi connectivity index (χ3n) is 5.05. The molecule has 1 aliphatic rings. The molecule has 29 heavy (non-hydrogen) atoms. The summed E-state index contributed by atoms with van der Waals surface area (Å²) in [5.41, 5.74) is 0.987. The second-order valence-electron chi connectivity index (χ2n) is 7.28. The minimum atomic E-state index is -0.284. The standard InChI is InChI=1S/C21H24N6O2/c1-15-4-3-9-26(11-15)19-10-20(23-13-22-19)27-12-18(24-14-27)21(28)25-16-5-7-17(29-2)8-6-16/h5-8,10,12-15H,3-4,9,11H2,1-2H3,(H,25,28)/t15-/m1/s1. The first-order valence-corrected chi connectivity index (χ1v) is 9.69. The van der Waals surface area contributed by atoms with Crippen molar-refractivity contribution in [2.45, 2.75) is 19.8 Å². The van der Waals surface area contributed by atoms with E-state index >= 15 is 0 Å². The van der Waals surface area contributed by atoms with E-state index in [2.05, 4.69) is 32.1 Å². The van der Waals surface area contributed by atoms with Crippen LogP contribution < -0.4 is 15.0 Å². The molecule has 3 aromatic rings. The molecule has 4 rings (SSSR count). The van der Waals surface area contributed by atoms with Crippen molar-refractivity contribution < 1.29 is 9.53 Å². The maximum Gasteiger partial charge on any atom is 0.275 e. The number of ether oxygens (including phenoxy) is 1. The summed E-state index contributed by atoms with van der Waals surface area (Å²) in [7, 11) is 1.60. The Morgan fingerprint density at radius 3 is 2.72 bits per heavy atom. The lowest BCUT2D eigenvalue weighted by molar-refractivity contribution is 0.102. The van der Waals surface area contributed by atoms with Gasteiger partial charge in [0.2, 0.25) is 0 Å². The van der Waals surface area contributed by atoms with E-state index in [4.69, 9.17) is 4.74 Å². The highest BCUT2D eigenvalue weighted by atomic mass is 16.5. The summed E-state index contributed by atoms with van der Waals surface area (Å²) < 4.78 is 6.86. The van der Waals surface area contributed by atoms with E-state index in [1.807, 2.05) is 6.07 Å². The van der Waals surface area contributed by atoms with Crippen LogP contribution in [-0.4, -0.2) is 45.6 Å². The normalized spacial score (nSPS) is 16.5. The largest absolute Gasteiger partial charge is 0.497 e. The second-order valence-corrected chi connectivity index (χ2v) is 7.28. The molecule has 1 fully saturated rings. The molecule has 1 aromatic carbocycles. The summed E-state index contributed by atoms with van der Waals surface area (Å²) in [5.74, 6) is 2.69. The van der Waals surface area contributed by atoms with Gasteiger partial charge in [-0.2, -0.15) is 0 Å². The molecule has 0 saturated carbocycles. The van der Waals surface area contributed by atoms with E-state index in [1.165, 1.54) is 12.8 Å². The van der Waals surface area contributed by atoms with Crippen molar-refractivity contribution in [3.05, 3.63) is 54.9 Å². The number of carbonyl (C=O) groups is 1. The Balaban J connectivity index is 1.48. The van der Waals surface area contributed by atoms with Crippen molar-refractivity contribution in [3.8, 4) is 11.6 Å². The first-order valence-electron chi connectivity index (χ1n) is 9.69. The highest BCUT2D eigenvalue weighted by Gasteiger charge is 2.18. The van der Waals surface area contributed by atoms with E-state index in [1.54, 1.807) is 54.8 Å². The number of methoxy groups -OCH3 is 1. The second kappa shape index (κ2) is 8.30. The number of nitrogens with zero attached hydrogens (tertiary/aromatic N) is 5. The number of benzene rings is 1. The van der Waals surface area contributed by atoms with Crippen molar-refractivity contribution in [3.63, 3.8) is 0 Å². The number of rotatable bonds is 5. The minimum absolute atomic E-state index is 0.284. The van der Waals surface area contributed by atoms with Crippen LogP contribution in [0.5, 0.6) is 5.75 Å². The summed E-state index contributed by atoms with van der Waals surface area (Å²) >= 11 is 0. The molecule has 3 heterocycles. The number of imidazole rings is 1.